The molecule has 142 valence electrons. The number of piperidine rings is 1. The van der Waals surface area contributed by atoms with Crippen LogP contribution in [0.2, 0.25) is 0 Å². The molecule has 0 radical (unpaired) electrons. The molecule has 1 fully saturated rings. The van der Waals surface area contributed by atoms with Gasteiger partial charge in [0.05, 0.1) is 12.1 Å². The fourth-order valence-corrected chi connectivity index (χ4v) is 5.59. The van der Waals surface area contributed by atoms with E-state index in [1.54, 1.807) is 22.2 Å². The molecule has 0 bridgehead atoms. The first-order valence-corrected chi connectivity index (χ1v) is 11.0. The Kier molecular flexibility index (Phi) is 5.50. The minimum atomic E-state index is -3.46. The maximum absolute atomic E-state index is 12.6. The van der Waals surface area contributed by atoms with Gasteiger partial charge in [0.2, 0.25) is 15.9 Å². The number of rotatable bonds is 5. The summed E-state index contributed by atoms with van der Waals surface area (Å²) >= 11 is 1.21. The van der Waals surface area contributed by atoms with Crippen LogP contribution in [-0.4, -0.2) is 48.1 Å². The van der Waals surface area contributed by atoms with Crippen molar-refractivity contribution in [1.82, 2.24) is 19.4 Å². The average molecular weight is 397 g/mol. The van der Waals surface area contributed by atoms with Crippen molar-refractivity contribution in [2.24, 2.45) is 7.05 Å². The van der Waals surface area contributed by atoms with E-state index in [1.165, 1.54) is 11.3 Å². The molecular weight excluding hydrogens is 372 g/mol. The number of aromatic nitrogens is 2. The third-order valence-electron chi connectivity index (χ3n) is 4.92. The van der Waals surface area contributed by atoms with E-state index in [4.69, 9.17) is 0 Å². The molecule has 1 saturated heterocycles. The second-order valence-corrected chi connectivity index (χ2v) is 9.55. The van der Waals surface area contributed by atoms with E-state index in [1.807, 2.05) is 25.8 Å². The van der Waals surface area contributed by atoms with Gasteiger partial charge in [0.25, 0.3) is 0 Å². The summed E-state index contributed by atoms with van der Waals surface area (Å²) < 4.78 is 29.5. The second-order valence-electron chi connectivity index (χ2n) is 6.66. The van der Waals surface area contributed by atoms with Gasteiger partial charge in [-0.1, -0.05) is 6.07 Å². The van der Waals surface area contributed by atoms with Gasteiger partial charge in [0.1, 0.15) is 4.21 Å². The van der Waals surface area contributed by atoms with Gasteiger partial charge in [-0.3, -0.25) is 9.48 Å². The van der Waals surface area contributed by atoms with Gasteiger partial charge in [0, 0.05) is 37.4 Å². The van der Waals surface area contributed by atoms with E-state index in [-0.39, 0.29) is 11.9 Å². The van der Waals surface area contributed by atoms with Crippen LogP contribution in [0.1, 0.15) is 29.8 Å². The van der Waals surface area contributed by atoms with Crippen molar-refractivity contribution < 1.29 is 13.2 Å². The lowest BCUT2D eigenvalue weighted by molar-refractivity contribution is -0.131. The van der Waals surface area contributed by atoms with Crippen LogP contribution in [0.25, 0.3) is 0 Å². The third kappa shape index (κ3) is 3.99. The van der Waals surface area contributed by atoms with E-state index in [9.17, 15) is 13.2 Å². The molecule has 2 aromatic heterocycles. The number of likely N-dealkylation sites (tertiary alicyclic amines) is 1. The minimum Gasteiger partial charge on any atom is -0.342 e. The number of nitrogens with zero attached hydrogens (tertiary/aromatic N) is 3. The number of aryl methyl sites for hydroxylation is 2. The van der Waals surface area contributed by atoms with E-state index < -0.39 is 10.0 Å². The molecule has 1 amide bonds. The smallest absolute Gasteiger partial charge is 0.250 e. The molecule has 9 heteroatoms. The highest BCUT2D eigenvalue weighted by Crippen LogP contribution is 2.20. The number of hydrogen-bond acceptors (Lipinski definition) is 5. The lowest BCUT2D eigenvalue weighted by Gasteiger charge is -2.32. The Morgan fingerprint density at radius 2 is 2.04 bits per heavy atom. The number of carbonyl (C=O) groups excluding carboxylic acids is 1. The molecule has 0 spiro atoms. The predicted molar refractivity (Wildman–Crippen MR) is 101 cm³/mol. The summed E-state index contributed by atoms with van der Waals surface area (Å²) in [4.78, 5) is 14.4. The molecule has 0 aliphatic carbocycles. The van der Waals surface area contributed by atoms with Gasteiger partial charge in [-0.25, -0.2) is 13.1 Å². The molecule has 0 aromatic carbocycles. The van der Waals surface area contributed by atoms with E-state index in [2.05, 4.69) is 9.82 Å². The van der Waals surface area contributed by atoms with Crippen molar-refractivity contribution in [2.45, 2.75) is 43.4 Å². The number of thiophene rings is 1. The van der Waals surface area contributed by atoms with Crippen molar-refractivity contribution in [2.75, 3.05) is 13.1 Å². The summed E-state index contributed by atoms with van der Waals surface area (Å²) in [7, 11) is -1.58. The van der Waals surface area contributed by atoms with E-state index in [0.29, 0.717) is 36.6 Å². The predicted octanol–water partition coefficient (Wildman–Crippen LogP) is 1.61. The van der Waals surface area contributed by atoms with Crippen LogP contribution in [0.5, 0.6) is 0 Å². The van der Waals surface area contributed by atoms with Gasteiger partial charge in [-0.2, -0.15) is 5.10 Å². The normalized spacial score (nSPS) is 16.2. The molecule has 1 aliphatic heterocycles. The molecule has 1 aliphatic rings. The molecule has 2 aromatic rings. The Balaban J connectivity index is 1.56. The Labute approximate surface area is 158 Å². The molecular formula is C17H24N4O3S2. The fourth-order valence-electron chi connectivity index (χ4n) is 3.28. The Morgan fingerprint density at radius 3 is 2.58 bits per heavy atom. The lowest BCUT2D eigenvalue weighted by atomic mass is 10.0. The molecule has 3 rings (SSSR count). The fraction of sp³-hybridized carbons (Fsp3) is 0.529. The van der Waals surface area contributed by atoms with Crippen LogP contribution in [0.3, 0.4) is 0 Å². The maximum atomic E-state index is 12.6. The molecule has 3 heterocycles. The van der Waals surface area contributed by atoms with Gasteiger partial charge >= 0.3 is 0 Å². The molecule has 0 unspecified atom stereocenters. The van der Waals surface area contributed by atoms with Crippen molar-refractivity contribution in [3.05, 3.63) is 34.5 Å². The third-order valence-corrected chi connectivity index (χ3v) is 7.83. The second kappa shape index (κ2) is 7.50. The molecule has 26 heavy (non-hydrogen) atoms. The van der Waals surface area contributed by atoms with Crippen LogP contribution in [0.15, 0.2) is 21.7 Å². The monoisotopic (exact) mass is 396 g/mol. The summed E-state index contributed by atoms with van der Waals surface area (Å²) in [5.74, 6) is 0.0729. The summed E-state index contributed by atoms with van der Waals surface area (Å²) in [5.41, 5.74) is 2.88. The van der Waals surface area contributed by atoms with Crippen LogP contribution >= 0.6 is 11.3 Å². The highest BCUT2D eigenvalue weighted by Gasteiger charge is 2.27. The standard InChI is InChI=1S/C17H24N4O3S2/c1-12-15(13(2)20(3)18-12)11-16(22)21-8-6-14(7-9-21)19-26(23,24)17-5-4-10-25-17/h4-5,10,14,19H,6-9,11H2,1-3H3. The van der Waals surface area contributed by atoms with Crippen molar-refractivity contribution in [1.29, 1.82) is 0 Å². The van der Waals surface area contributed by atoms with Gasteiger partial charge in [-0.15, -0.1) is 11.3 Å². The number of hydrogen-bond donors (Lipinski definition) is 1. The number of nitrogens with one attached hydrogen (secondary N) is 1. The number of amides is 1. The quantitative estimate of drug-likeness (QED) is 0.832. The van der Waals surface area contributed by atoms with Crippen LogP contribution in [-0.2, 0) is 28.3 Å². The Bertz CT molecular complexity index is 880. The maximum Gasteiger partial charge on any atom is 0.250 e. The van der Waals surface area contributed by atoms with Crippen molar-refractivity contribution in [3.63, 3.8) is 0 Å². The van der Waals surface area contributed by atoms with Crippen molar-refractivity contribution in [3.8, 4) is 0 Å². The zero-order chi connectivity index (χ0) is 18.9. The summed E-state index contributed by atoms with van der Waals surface area (Å²) in [6, 6.07) is 3.20. The first kappa shape index (κ1) is 19.1. The van der Waals surface area contributed by atoms with Crippen LogP contribution in [0, 0.1) is 13.8 Å². The van der Waals surface area contributed by atoms with Gasteiger partial charge in [-0.05, 0) is 38.1 Å². The van der Waals surface area contributed by atoms with Crippen molar-refractivity contribution >= 4 is 27.3 Å². The highest BCUT2D eigenvalue weighted by atomic mass is 32.2. The Morgan fingerprint density at radius 1 is 1.35 bits per heavy atom. The van der Waals surface area contributed by atoms with Gasteiger partial charge in [0.15, 0.2) is 0 Å². The van der Waals surface area contributed by atoms with E-state index >= 15 is 0 Å². The number of carbonyl (C=O) groups is 1. The first-order chi connectivity index (χ1) is 12.3. The summed E-state index contributed by atoms with van der Waals surface area (Å²) in [6.45, 7) is 5.01. The molecule has 0 saturated carbocycles. The molecule has 0 atom stereocenters. The Hall–Kier alpha value is -1.71. The summed E-state index contributed by atoms with van der Waals surface area (Å²) in [6.07, 6.45) is 1.60. The van der Waals surface area contributed by atoms with E-state index in [0.717, 1.165) is 17.0 Å². The summed E-state index contributed by atoms with van der Waals surface area (Å²) in [5, 5.41) is 6.10. The van der Waals surface area contributed by atoms with Gasteiger partial charge < -0.3 is 4.90 Å². The van der Waals surface area contributed by atoms with Crippen LogP contribution in [0.4, 0.5) is 0 Å². The molecule has 1 N–H and O–H groups in total. The molecule has 7 nitrogen and oxygen atoms in total. The first-order valence-electron chi connectivity index (χ1n) is 8.60. The lowest BCUT2D eigenvalue weighted by Crippen LogP contribution is -2.46. The zero-order valence-corrected chi connectivity index (χ0v) is 16.9. The van der Waals surface area contributed by atoms with Crippen LogP contribution < -0.4 is 4.72 Å². The highest BCUT2D eigenvalue weighted by molar-refractivity contribution is 7.91. The largest absolute Gasteiger partial charge is 0.342 e. The topological polar surface area (TPSA) is 84.3 Å². The SMILES string of the molecule is Cc1nn(C)c(C)c1CC(=O)N1CCC(NS(=O)(=O)c2cccs2)CC1. The number of sulfonamides is 1. The zero-order valence-electron chi connectivity index (χ0n) is 15.2. The average Bonchev–Trinajstić information content (AvgIpc) is 3.21. The minimum absolute atomic E-state index is 0.0729.